The van der Waals surface area contributed by atoms with Crippen LogP contribution in [-0.2, 0) is 10.0 Å². The van der Waals surface area contributed by atoms with Crippen molar-refractivity contribution in [2.24, 2.45) is 0 Å². The molecule has 106 valence electrons. The summed E-state index contributed by atoms with van der Waals surface area (Å²) in [7, 11) is -3.58. The smallest absolute Gasteiger partial charge is 0.207 e. The SMILES string of the molecule is O=S(=O)(NC1(CCl)CCCC1)c1cc(Br)ccc1Br. The molecular formula is C12H14Br2ClNO2S. The van der Waals surface area contributed by atoms with Crippen LogP contribution in [0.2, 0.25) is 0 Å². The van der Waals surface area contributed by atoms with E-state index >= 15 is 0 Å². The second-order valence-corrected chi connectivity index (χ2v) is 8.49. The zero-order chi connectivity index (χ0) is 14.1. The van der Waals surface area contributed by atoms with Crippen LogP contribution >= 0.6 is 43.5 Å². The lowest BCUT2D eigenvalue weighted by atomic mass is 10.0. The molecule has 1 aliphatic rings. The van der Waals surface area contributed by atoms with E-state index in [1.807, 2.05) is 0 Å². The Kier molecular flexibility index (Phi) is 4.99. The van der Waals surface area contributed by atoms with Crippen molar-refractivity contribution in [1.82, 2.24) is 4.72 Å². The van der Waals surface area contributed by atoms with E-state index < -0.39 is 15.6 Å². The summed E-state index contributed by atoms with van der Waals surface area (Å²) in [5.41, 5.74) is -0.498. The van der Waals surface area contributed by atoms with Gasteiger partial charge >= 0.3 is 0 Å². The van der Waals surface area contributed by atoms with Gasteiger partial charge in [0.2, 0.25) is 10.0 Å². The Morgan fingerprint density at radius 1 is 1.26 bits per heavy atom. The lowest BCUT2D eigenvalue weighted by Crippen LogP contribution is -2.47. The molecule has 7 heteroatoms. The van der Waals surface area contributed by atoms with Crippen molar-refractivity contribution in [2.45, 2.75) is 36.1 Å². The van der Waals surface area contributed by atoms with Gasteiger partial charge in [0.25, 0.3) is 0 Å². The van der Waals surface area contributed by atoms with Crippen LogP contribution in [0.15, 0.2) is 32.0 Å². The van der Waals surface area contributed by atoms with Crippen LogP contribution in [0.5, 0.6) is 0 Å². The molecule has 0 heterocycles. The lowest BCUT2D eigenvalue weighted by Gasteiger charge is -2.27. The molecule has 0 amide bonds. The number of nitrogens with one attached hydrogen (secondary N) is 1. The molecular weight excluding hydrogens is 417 g/mol. The van der Waals surface area contributed by atoms with Crippen LogP contribution in [0.4, 0.5) is 0 Å². The van der Waals surface area contributed by atoms with Crippen molar-refractivity contribution in [3.8, 4) is 0 Å². The molecule has 0 aromatic heterocycles. The molecule has 0 aliphatic heterocycles. The summed E-state index contributed by atoms with van der Waals surface area (Å²) >= 11 is 12.6. The number of halogens is 3. The van der Waals surface area contributed by atoms with E-state index in [9.17, 15) is 8.42 Å². The highest BCUT2D eigenvalue weighted by molar-refractivity contribution is 9.11. The van der Waals surface area contributed by atoms with Gasteiger partial charge in [-0.05, 0) is 47.0 Å². The molecule has 0 radical (unpaired) electrons. The fourth-order valence-electron chi connectivity index (χ4n) is 2.34. The normalized spacial score (nSPS) is 18.7. The van der Waals surface area contributed by atoms with Gasteiger partial charge in [-0.2, -0.15) is 0 Å². The highest BCUT2D eigenvalue weighted by Gasteiger charge is 2.37. The number of benzene rings is 1. The van der Waals surface area contributed by atoms with E-state index in [0.29, 0.717) is 10.4 Å². The van der Waals surface area contributed by atoms with Crippen LogP contribution in [0, 0.1) is 0 Å². The Hall–Kier alpha value is 0.380. The third-order valence-electron chi connectivity index (χ3n) is 3.35. The van der Waals surface area contributed by atoms with Gasteiger partial charge in [0.1, 0.15) is 0 Å². The first-order valence-corrected chi connectivity index (χ1v) is 9.54. The summed E-state index contributed by atoms with van der Waals surface area (Å²) in [5, 5.41) is 0. The molecule has 0 unspecified atom stereocenters. The molecule has 19 heavy (non-hydrogen) atoms. The first-order chi connectivity index (χ1) is 8.88. The Bertz CT molecular complexity index is 571. The Morgan fingerprint density at radius 3 is 2.47 bits per heavy atom. The summed E-state index contributed by atoms with van der Waals surface area (Å²) in [4.78, 5) is 0.235. The number of rotatable bonds is 4. The molecule has 1 aliphatic carbocycles. The highest BCUT2D eigenvalue weighted by atomic mass is 79.9. The number of sulfonamides is 1. The molecule has 1 fully saturated rings. The van der Waals surface area contributed by atoms with E-state index in [-0.39, 0.29) is 4.90 Å². The largest absolute Gasteiger partial charge is 0.242 e. The van der Waals surface area contributed by atoms with Crippen molar-refractivity contribution in [3.63, 3.8) is 0 Å². The number of hydrogen-bond donors (Lipinski definition) is 1. The molecule has 1 saturated carbocycles. The first kappa shape index (κ1) is 15.8. The quantitative estimate of drug-likeness (QED) is 0.732. The fourth-order valence-corrected chi connectivity index (χ4v) is 5.71. The summed E-state index contributed by atoms with van der Waals surface area (Å²) < 4.78 is 29.1. The second-order valence-electron chi connectivity index (χ2n) is 4.80. The Morgan fingerprint density at radius 2 is 1.89 bits per heavy atom. The van der Waals surface area contributed by atoms with Gasteiger partial charge in [0, 0.05) is 20.4 Å². The van der Waals surface area contributed by atoms with Gasteiger partial charge in [0.05, 0.1) is 4.90 Å². The van der Waals surface area contributed by atoms with Gasteiger partial charge in [-0.1, -0.05) is 28.8 Å². The van der Waals surface area contributed by atoms with E-state index in [1.165, 1.54) is 0 Å². The predicted octanol–water partition coefficient (Wildman–Crippen LogP) is 4.04. The molecule has 1 aromatic carbocycles. The zero-order valence-electron chi connectivity index (χ0n) is 10.1. The predicted molar refractivity (Wildman–Crippen MR) is 84.1 cm³/mol. The third-order valence-corrected chi connectivity index (χ3v) is 6.93. The Labute approximate surface area is 135 Å². The molecule has 1 aromatic rings. The monoisotopic (exact) mass is 429 g/mol. The van der Waals surface area contributed by atoms with Crippen LogP contribution in [0.25, 0.3) is 0 Å². The van der Waals surface area contributed by atoms with Gasteiger partial charge < -0.3 is 0 Å². The lowest BCUT2D eigenvalue weighted by molar-refractivity contribution is 0.432. The van der Waals surface area contributed by atoms with Crippen LogP contribution < -0.4 is 4.72 Å². The second kappa shape index (κ2) is 6.02. The summed E-state index contributed by atoms with van der Waals surface area (Å²) in [6, 6.07) is 5.08. The highest BCUT2D eigenvalue weighted by Crippen LogP contribution is 2.34. The average molecular weight is 432 g/mol. The maximum Gasteiger partial charge on any atom is 0.242 e. The van der Waals surface area contributed by atoms with Gasteiger partial charge in [0.15, 0.2) is 0 Å². The van der Waals surface area contributed by atoms with E-state index in [1.54, 1.807) is 18.2 Å². The minimum Gasteiger partial charge on any atom is -0.207 e. The minimum atomic E-state index is -3.58. The molecule has 0 spiro atoms. The topological polar surface area (TPSA) is 46.2 Å². The van der Waals surface area contributed by atoms with Crippen molar-refractivity contribution in [2.75, 3.05) is 5.88 Å². The average Bonchev–Trinajstić information content (AvgIpc) is 2.80. The van der Waals surface area contributed by atoms with Crippen LogP contribution in [0.1, 0.15) is 25.7 Å². The fraction of sp³-hybridized carbons (Fsp3) is 0.500. The van der Waals surface area contributed by atoms with Crippen molar-refractivity contribution < 1.29 is 8.42 Å². The summed E-state index contributed by atoms with van der Waals surface area (Å²) in [6.07, 6.45) is 3.60. The minimum absolute atomic E-state index is 0.235. The number of alkyl halides is 1. The van der Waals surface area contributed by atoms with Crippen molar-refractivity contribution in [3.05, 3.63) is 27.1 Å². The zero-order valence-corrected chi connectivity index (χ0v) is 14.9. The molecule has 0 saturated heterocycles. The van der Waals surface area contributed by atoms with Gasteiger partial charge in [-0.3, -0.25) is 0 Å². The molecule has 1 N–H and O–H groups in total. The summed E-state index contributed by atoms with van der Waals surface area (Å²) in [6.45, 7) is 0. The third kappa shape index (κ3) is 3.53. The van der Waals surface area contributed by atoms with E-state index in [0.717, 1.165) is 30.2 Å². The maximum atomic E-state index is 12.5. The van der Waals surface area contributed by atoms with Crippen LogP contribution in [0.3, 0.4) is 0 Å². The molecule has 0 bridgehead atoms. The molecule has 0 atom stereocenters. The van der Waals surface area contributed by atoms with E-state index in [4.69, 9.17) is 11.6 Å². The van der Waals surface area contributed by atoms with Gasteiger partial charge in [-0.15, -0.1) is 11.6 Å². The first-order valence-electron chi connectivity index (χ1n) is 5.94. The van der Waals surface area contributed by atoms with E-state index in [2.05, 4.69) is 36.6 Å². The van der Waals surface area contributed by atoms with Crippen molar-refractivity contribution >= 4 is 53.5 Å². The Balaban J connectivity index is 2.34. The summed E-state index contributed by atoms with van der Waals surface area (Å²) in [5.74, 6) is 0.303. The van der Waals surface area contributed by atoms with Gasteiger partial charge in [-0.25, -0.2) is 13.1 Å². The number of hydrogen-bond acceptors (Lipinski definition) is 2. The van der Waals surface area contributed by atoms with Crippen LogP contribution in [-0.4, -0.2) is 19.8 Å². The molecule has 2 rings (SSSR count). The molecule has 3 nitrogen and oxygen atoms in total. The standard InChI is InChI=1S/C12H14Br2ClNO2S/c13-9-3-4-10(14)11(7-9)19(17,18)16-12(8-15)5-1-2-6-12/h3-4,7,16H,1-2,5-6,8H2. The maximum absolute atomic E-state index is 12.5. The van der Waals surface area contributed by atoms with Crippen molar-refractivity contribution in [1.29, 1.82) is 0 Å².